The van der Waals surface area contributed by atoms with Gasteiger partial charge >= 0.3 is 5.97 Å². The summed E-state index contributed by atoms with van der Waals surface area (Å²) in [6.45, 7) is 0.129. The van der Waals surface area contributed by atoms with Crippen LogP contribution in [0.1, 0.15) is 24.5 Å². The summed E-state index contributed by atoms with van der Waals surface area (Å²) in [5.74, 6) is -0.705. The average Bonchev–Trinajstić information content (AvgIpc) is 2.42. The standard InChI is InChI=1S/C13H17NO4/c1-18-13(17)8-7-12(16)14-9-11(15)10-5-3-2-4-6-10/h2-6,11,15H,7-9H2,1H3,(H,14,16)/t11-/m0/s1. The summed E-state index contributed by atoms with van der Waals surface area (Å²) in [4.78, 5) is 22.2. The van der Waals surface area contributed by atoms with Gasteiger partial charge in [0, 0.05) is 13.0 Å². The molecule has 0 unspecified atom stereocenters. The Bertz CT molecular complexity index is 391. The fourth-order valence-electron chi connectivity index (χ4n) is 1.41. The second-order valence-corrected chi connectivity index (χ2v) is 3.81. The highest BCUT2D eigenvalue weighted by Crippen LogP contribution is 2.10. The van der Waals surface area contributed by atoms with Crippen molar-refractivity contribution < 1.29 is 19.4 Å². The van der Waals surface area contributed by atoms with Crippen LogP contribution in [0.15, 0.2) is 30.3 Å². The second-order valence-electron chi connectivity index (χ2n) is 3.81. The number of nitrogens with one attached hydrogen (secondary N) is 1. The minimum absolute atomic E-state index is 0.0454. The van der Waals surface area contributed by atoms with Gasteiger partial charge in [0.25, 0.3) is 0 Å². The summed E-state index contributed by atoms with van der Waals surface area (Å²) < 4.78 is 4.43. The van der Waals surface area contributed by atoms with Gasteiger partial charge in [-0.2, -0.15) is 0 Å². The number of ether oxygens (including phenoxy) is 1. The summed E-state index contributed by atoms with van der Waals surface area (Å²) >= 11 is 0. The van der Waals surface area contributed by atoms with Crippen molar-refractivity contribution >= 4 is 11.9 Å². The fraction of sp³-hybridized carbons (Fsp3) is 0.385. The molecular weight excluding hydrogens is 234 g/mol. The predicted octanol–water partition coefficient (Wildman–Crippen LogP) is 0.789. The molecule has 1 atom stereocenters. The lowest BCUT2D eigenvalue weighted by Gasteiger charge is -2.11. The molecule has 2 N–H and O–H groups in total. The molecule has 0 aliphatic heterocycles. The van der Waals surface area contributed by atoms with Crippen LogP contribution in [0.3, 0.4) is 0 Å². The lowest BCUT2D eigenvalue weighted by Crippen LogP contribution is -2.28. The zero-order chi connectivity index (χ0) is 13.4. The highest BCUT2D eigenvalue weighted by atomic mass is 16.5. The number of hydrogen-bond acceptors (Lipinski definition) is 4. The highest BCUT2D eigenvalue weighted by molar-refractivity contribution is 5.81. The SMILES string of the molecule is COC(=O)CCC(=O)NC[C@H](O)c1ccccc1. The van der Waals surface area contributed by atoms with E-state index in [9.17, 15) is 14.7 Å². The maximum atomic E-state index is 11.4. The smallest absolute Gasteiger partial charge is 0.306 e. The third kappa shape index (κ3) is 4.97. The summed E-state index contributed by atoms with van der Waals surface area (Å²) in [5, 5.41) is 12.4. The van der Waals surface area contributed by atoms with E-state index in [-0.39, 0.29) is 25.3 Å². The van der Waals surface area contributed by atoms with Crippen molar-refractivity contribution in [2.75, 3.05) is 13.7 Å². The van der Waals surface area contributed by atoms with Crippen LogP contribution in [0.4, 0.5) is 0 Å². The number of aliphatic hydroxyl groups is 1. The Kier molecular flexibility index (Phi) is 5.87. The molecule has 0 saturated heterocycles. The van der Waals surface area contributed by atoms with Gasteiger partial charge in [0.2, 0.25) is 5.91 Å². The normalized spacial score (nSPS) is 11.7. The Hall–Kier alpha value is -1.88. The zero-order valence-electron chi connectivity index (χ0n) is 10.3. The number of carbonyl (C=O) groups excluding carboxylic acids is 2. The number of amides is 1. The van der Waals surface area contributed by atoms with Crippen molar-refractivity contribution in [3.05, 3.63) is 35.9 Å². The molecule has 0 bridgehead atoms. The molecule has 5 heteroatoms. The predicted molar refractivity (Wildman–Crippen MR) is 65.7 cm³/mol. The summed E-state index contributed by atoms with van der Waals surface area (Å²) in [5.41, 5.74) is 0.741. The first kappa shape index (κ1) is 14.2. The van der Waals surface area contributed by atoms with Gasteiger partial charge < -0.3 is 15.2 Å². The molecule has 18 heavy (non-hydrogen) atoms. The van der Waals surface area contributed by atoms with Crippen LogP contribution in [0.25, 0.3) is 0 Å². The molecule has 0 fully saturated rings. The van der Waals surface area contributed by atoms with Crippen molar-refractivity contribution in [3.63, 3.8) is 0 Å². The number of hydrogen-bond donors (Lipinski definition) is 2. The molecule has 98 valence electrons. The lowest BCUT2D eigenvalue weighted by atomic mass is 10.1. The van der Waals surface area contributed by atoms with Gasteiger partial charge in [-0.25, -0.2) is 0 Å². The topological polar surface area (TPSA) is 75.6 Å². The van der Waals surface area contributed by atoms with Gasteiger partial charge in [0.05, 0.1) is 19.6 Å². The van der Waals surface area contributed by atoms with Gasteiger partial charge in [-0.3, -0.25) is 9.59 Å². The first-order chi connectivity index (χ1) is 8.63. The number of benzene rings is 1. The summed E-state index contributed by atoms with van der Waals surface area (Å²) in [6.07, 6.45) is -0.633. The van der Waals surface area contributed by atoms with E-state index in [1.165, 1.54) is 7.11 Å². The Morgan fingerprint density at radius 2 is 1.94 bits per heavy atom. The van der Waals surface area contributed by atoms with Crippen LogP contribution in [0.5, 0.6) is 0 Å². The van der Waals surface area contributed by atoms with Crippen molar-refractivity contribution in [1.82, 2.24) is 5.32 Å². The molecule has 0 saturated carbocycles. The van der Waals surface area contributed by atoms with Gasteiger partial charge in [-0.05, 0) is 5.56 Å². The molecule has 0 spiro atoms. The van der Waals surface area contributed by atoms with Gasteiger partial charge in [-0.1, -0.05) is 30.3 Å². The Morgan fingerprint density at radius 1 is 1.28 bits per heavy atom. The van der Waals surface area contributed by atoms with E-state index < -0.39 is 12.1 Å². The van der Waals surface area contributed by atoms with Crippen LogP contribution >= 0.6 is 0 Å². The van der Waals surface area contributed by atoms with E-state index in [2.05, 4.69) is 10.1 Å². The van der Waals surface area contributed by atoms with E-state index in [1.54, 1.807) is 12.1 Å². The maximum Gasteiger partial charge on any atom is 0.306 e. The molecule has 0 heterocycles. The summed E-state index contributed by atoms with van der Waals surface area (Å²) in [6, 6.07) is 9.05. The fourth-order valence-corrected chi connectivity index (χ4v) is 1.41. The molecule has 0 aliphatic rings. The van der Waals surface area contributed by atoms with Gasteiger partial charge in [-0.15, -0.1) is 0 Å². The Labute approximate surface area is 106 Å². The molecule has 5 nitrogen and oxygen atoms in total. The number of methoxy groups -OCH3 is 1. The molecular formula is C13H17NO4. The minimum atomic E-state index is -0.742. The molecule has 0 aromatic heterocycles. The Balaban J connectivity index is 2.28. The van der Waals surface area contributed by atoms with Crippen LogP contribution < -0.4 is 5.32 Å². The van der Waals surface area contributed by atoms with E-state index in [4.69, 9.17) is 0 Å². The van der Waals surface area contributed by atoms with Crippen molar-refractivity contribution in [3.8, 4) is 0 Å². The van der Waals surface area contributed by atoms with Crippen LogP contribution in [0, 0.1) is 0 Å². The monoisotopic (exact) mass is 251 g/mol. The number of aliphatic hydroxyl groups excluding tert-OH is 1. The zero-order valence-corrected chi connectivity index (χ0v) is 10.3. The highest BCUT2D eigenvalue weighted by Gasteiger charge is 2.10. The lowest BCUT2D eigenvalue weighted by molar-refractivity contribution is -0.142. The van der Waals surface area contributed by atoms with E-state index in [0.29, 0.717) is 0 Å². The van der Waals surface area contributed by atoms with Crippen molar-refractivity contribution in [2.45, 2.75) is 18.9 Å². The second kappa shape index (κ2) is 7.45. The maximum absolute atomic E-state index is 11.4. The van der Waals surface area contributed by atoms with Gasteiger partial charge in [0.15, 0.2) is 0 Å². The first-order valence-corrected chi connectivity index (χ1v) is 5.70. The molecule has 1 rings (SSSR count). The van der Waals surface area contributed by atoms with Crippen LogP contribution in [0.2, 0.25) is 0 Å². The average molecular weight is 251 g/mol. The van der Waals surface area contributed by atoms with Gasteiger partial charge in [0.1, 0.15) is 0 Å². The molecule has 1 amide bonds. The molecule has 0 radical (unpaired) electrons. The van der Waals surface area contributed by atoms with E-state index in [0.717, 1.165) is 5.56 Å². The number of rotatable bonds is 6. The molecule has 1 aromatic rings. The first-order valence-electron chi connectivity index (χ1n) is 5.70. The third-order valence-corrected chi connectivity index (χ3v) is 2.46. The number of carbonyl (C=O) groups is 2. The van der Waals surface area contributed by atoms with Crippen LogP contribution in [-0.4, -0.2) is 30.6 Å². The molecule has 1 aromatic carbocycles. The summed E-state index contributed by atoms with van der Waals surface area (Å²) in [7, 11) is 1.28. The van der Waals surface area contributed by atoms with E-state index >= 15 is 0 Å². The number of esters is 1. The van der Waals surface area contributed by atoms with E-state index in [1.807, 2.05) is 18.2 Å². The third-order valence-electron chi connectivity index (χ3n) is 2.46. The van der Waals surface area contributed by atoms with Crippen molar-refractivity contribution in [1.29, 1.82) is 0 Å². The van der Waals surface area contributed by atoms with Crippen molar-refractivity contribution in [2.24, 2.45) is 0 Å². The quantitative estimate of drug-likeness (QED) is 0.733. The molecule has 0 aliphatic carbocycles. The van der Waals surface area contributed by atoms with Crippen LogP contribution in [-0.2, 0) is 14.3 Å². The minimum Gasteiger partial charge on any atom is -0.469 e. The Morgan fingerprint density at radius 3 is 2.56 bits per heavy atom. The largest absolute Gasteiger partial charge is 0.469 e.